The molecule has 0 fully saturated rings. The van der Waals surface area contributed by atoms with Gasteiger partial charge in [0.2, 0.25) is 0 Å². The van der Waals surface area contributed by atoms with Crippen molar-refractivity contribution < 1.29 is 0 Å². The Morgan fingerprint density at radius 2 is 2.38 bits per heavy atom. The smallest absolute Gasteiger partial charge is 0.134 e. The molecule has 0 amide bonds. The Hall–Kier alpha value is -0.230. The van der Waals surface area contributed by atoms with Gasteiger partial charge in [-0.1, -0.05) is 6.92 Å². The van der Waals surface area contributed by atoms with E-state index < -0.39 is 0 Å². The Morgan fingerprint density at radius 1 is 1.56 bits per heavy atom. The number of rotatable bonds is 4. The van der Waals surface area contributed by atoms with E-state index in [1.807, 2.05) is 6.20 Å². The molecular formula is C11H13BrN2S2. The quantitative estimate of drug-likeness (QED) is 0.909. The van der Waals surface area contributed by atoms with Gasteiger partial charge in [-0.25, -0.2) is 4.98 Å². The van der Waals surface area contributed by atoms with Crippen LogP contribution in [0.3, 0.4) is 0 Å². The Kier molecular flexibility index (Phi) is 4.13. The highest BCUT2D eigenvalue weighted by Crippen LogP contribution is 2.37. The highest BCUT2D eigenvalue weighted by Gasteiger charge is 2.12. The second-order valence-electron chi connectivity index (χ2n) is 3.44. The Morgan fingerprint density at radius 3 is 3.00 bits per heavy atom. The first-order valence-corrected chi connectivity index (χ1v) is 7.63. The second kappa shape index (κ2) is 5.40. The summed E-state index contributed by atoms with van der Waals surface area (Å²) in [5.41, 5.74) is 0. The fourth-order valence-corrected chi connectivity index (χ4v) is 4.19. The van der Waals surface area contributed by atoms with Crippen molar-refractivity contribution in [3.05, 3.63) is 27.0 Å². The third-order valence-corrected chi connectivity index (χ3v) is 5.44. The first kappa shape index (κ1) is 12.2. The number of hydrogen-bond donors (Lipinski definition) is 1. The maximum absolute atomic E-state index is 4.48. The van der Waals surface area contributed by atoms with E-state index in [-0.39, 0.29) is 0 Å². The van der Waals surface area contributed by atoms with Crippen molar-refractivity contribution in [1.82, 2.24) is 10.3 Å². The number of nitrogens with zero attached hydrogens (tertiary/aromatic N) is 1. The fourth-order valence-electron chi connectivity index (χ4n) is 1.44. The van der Waals surface area contributed by atoms with E-state index in [2.05, 4.69) is 51.5 Å². The molecule has 2 rings (SSSR count). The Labute approximate surface area is 112 Å². The maximum atomic E-state index is 4.48. The number of hydrogen-bond acceptors (Lipinski definition) is 4. The standard InChI is InChI=1S/C11H13BrN2S2/c1-3-13-7(2)9-6-14-11(16-9)10-8(12)4-5-15-10/h4-7,13H,3H2,1-2H3. The SMILES string of the molecule is CCNC(C)c1cnc(-c2sccc2Br)s1. The van der Waals surface area contributed by atoms with Gasteiger partial charge in [0, 0.05) is 21.6 Å². The summed E-state index contributed by atoms with van der Waals surface area (Å²) in [6, 6.07) is 2.45. The van der Waals surface area contributed by atoms with E-state index in [4.69, 9.17) is 0 Å². The molecule has 86 valence electrons. The molecule has 0 aromatic carbocycles. The lowest BCUT2D eigenvalue weighted by Gasteiger charge is -2.07. The molecule has 16 heavy (non-hydrogen) atoms. The molecule has 0 saturated heterocycles. The molecular weight excluding hydrogens is 304 g/mol. The lowest BCUT2D eigenvalue weighted by molar-refractivity contribution is 0.606. The molecule has 1 unspecified atom stereocenters. The first-order valence-electron chi connectivity index (χ1n) is 5.14. The lowest BCUT2D eigenvalue weighted by atomic mass is 10.3. The largest absolute Gasteiger partial charge is 0.310 e. The van der Waals surface area contributed by atoms with Gasteiger partial charge in [0.1, 0.15) is 5.01 Å². The second-order valence-corrected chi connectivity index (χ2v) is 6.28. The van der Waals surface area contributed by atoms with Gasteiger partial charge < -0.3 is 5.32 Å². The predicted molar refractivity (Wildman–Crippen MR) is 75.2 cm³/mol. The molecule has 5 heteroatoms. The summed E-state index contributed by atoms with van der Waals surface area (Å²) in [6.45, 7) is 5.27. The zero-order valence-corrected chi connectivity index (χ0v) is 12.4. The monoisotopic (exact) mass is 316 g/mol. The summed E-state index contributed by atoms with van der Waals surface area (Å²) in [7, 11) is 0. The molecule has 2 aromatic rings. The fraction of sp³-hybridized carbons (Fsp3) is 0.364. The van der Waals surface area contributed by atoms with Crippen molar-refractivity contribution in [2.45, 2.75) is 19.9 Å². The van der Waals surface area contributed by atoms with E-state index in [0.29, 0.717) is 6.04 Å². The third kappa shape index (κ3) is 2.53. The summed E-state index contributed by atoms with van der Waals surface area (Å²) in [5, 5.41) is 6.57. The van der Waals surface area contributed by atoms with Crippen LogP contribution in [0.4, 0.5) is 0 Å². The van der Waals surface area contributed by atoms with E-state index >= 15 is 0 Å². The van der Waals surface area contributed by atoms with Crippen molar-refractivity contribution in [3.8, 4) is 9.88 Å². The minimum absolute atomic E-state index is 0.384. The van der Waals surface area contributed by atoms with Gasteiger partial charge in [0.05, 0.1) is 4.88 Å². The van der Waals surface area contributed by atoms with E-state index in [1.54, 1.807) is 22.7 Å². The van der Waals surface area contributed by atoms with Crippen LogP contribution in [0, 0.1) is 0 Å². The summed E-state index contributed by atoms with van der Waals surface area (Å²) < 4.78 is 1.13. The van der Waals surface area contributed by atoms with Gasteiger partial charge in [-0.3, -0.25) is 0 Å². The maximum Gasteiger partial charge on any atom is 0.134 e. The topological polar surface area (TPSA) is 24.9 Å². The van der Waals surface area contributed by atoms with Crippen molar-refractivity contribution in [3.63, 3.8) is 0 Å². The van der Waals surface area contributed by atoms with Gasteiger partial charge in [0.25, 0.3) is 0 Å². The van der Waals surface area contributed by atoms with Crippen LogP contribution in [0.2, 0.25) is 0 Å². The average Bonchev–Trinajstić information content (AvgIpc) is 2.86. The predicted octanol–water partition coefficient (Wildman–Crippen LogP) is 4.30. The number of halogens is 1. The first-order chi connectivity index (χ1) is 7.72. The van der Waals surface area contributed by atoms with Gasteiger partial charge in [-0.05, 0) is 40.8 Å². The van der Waals surface area contributed by atoms with Crippen molar-refractivity contribution in [1.29, 1.82) is 0 Å². The van der Waals surface area contributed by atoms with Gasteiger partial charge in [-0.2, -0.15) is 0 Å². The van der Waals surface area contributed by atoms with Crippen LogP contribution >= 0.6 is 38.6 Å². The van der Waals surface area contributed by atoms with E-state index in [9.17, 15) is 0 Å². The zero-order chi connectivity index (χ0) is 11.5. The Bertz CT molecular complexity index is 464. The molecule has 0 saturated carbocycles. The van der Waals surface area contributed by atoms with Gasteiger partial charge >= 0.3 is 0 Å². The molecule has 0 aliphatic rings. The normalized spacial score (nSPS) is 12.9. The third-order valence-electron chi connectivity index (χ3n) is 2.27. The molecule has 0 spiro atoms. The summed E-state index contributed by atoms with van der Waals surface area (Å²) in [6.07, 6.45) is 1.97. The van der Waals surface area contributed by atoms with Crippen LogP contribution in [0.15, 0.2) is 22.1 Å². The minimum Gasteiger partial charge on any atom is -0.310 e. The molecule has 2 nitrogen and oxygen atoms in total. The molecule has 0 aliphatic carbocycles. The van der Waals surface area contributed by atoms with Crippen LogP contribution in [0.25, 0.3) is 9.88 Å². The van der Waals surface area contributed by atoms with Crippen LogP contribution in [-0.4, -0.2) is 11.5 Å². The molecule has 0 aliphatic heterocycles. The number of thiazole rings is 1. The lowest BCUT2D eigenvalue weighted by Crippen LogP contribution is -2.16. The molecule has 2 aromatic heterocycles. The Balaban J connectivity index is 2.23. The van der Waals surface area contributed by atoms with Crippen LogP contribution in [-0.2, 0) is 0 Å². The van der Waals surface area contributed by atoms with Gasteiger partial charge in [-0.15, -0.1) is 22.7 Å². The van der Waals surface area contributed by atoms with E-state index in [1.165, 1.54) is 9.75 Å². The highest BCUT2D eigenvalue weighted by atomic mass is 79.9. The molecule has 0 bridgehead atoms. The number of thiophene rings is 1. The minimum atomic E-state index is 0.384. The highest BCUT2D eigenvalue weighted by molar-refractivity contribution is 9.10. The summed E-state index contributed by atoms with van der Waals surface area (Å²) in [4.78, 5) is 6.99. The summed E-state index contributed by atoms with van der Waals surface area (Å²) >= 11 is 7.02. The van der Waals surface area contributed by atoms with Crippen molar-refractivity contribution in [2.24, 2.45) is 0 Å². The average molecular weight is 317 g/mol. The number of aromatic nitrogens is 1. The molecule has 0 radical (unpaired) electrons. The van der Waals surface area contributed by atoms with Crippen molar-refractivity contribution >= 4 is 38.6 Å². The van der Waals surface area contributed by atoms with Gasteiger partial charge in [0.15, 0.2) is 0 Å². The molecule has 1 N–H and O–H groups in total. The molecule has 1 atom stereocenters. The van der Waals surface area contributed by atoms with E-state index in [0.717, 1.165) is 16.0 Å². The zero-order valence-electron chi connectivity index (χ0n) is 9.16. The molecule has 2 heterocycles. The van der Waals surface area contributed by atoms with Crippen LogP contribution in [0.5, 0.6) is 0 Å². The summed E-state index contributed by atoms with van der Waals surface area (Å²) in [5.74, 6) is 0. The van der Waals surface area contributed by atoms with Crippen LogP contribution < -0.4 is 5.32 Å². The number of nitrogens with one attached hydrogen (secondary N) is 1. The van der Waals surface area contributed by atoms with Crippen molar-refractivity contribution in [2.75, 3.05) is 6.54 Å². The van der Waals surface area contributed by atoms with Crippen LogP contribution in [0.1, 0.15) is 24.8 Å².